The van der Waals surface area contributed by atoms with Gasteiger partial charge in [-0.05, 0) is 12.8 Å². The first-order chi connectivity index (χ1) is 4.66. The highest BCUT2D eigenvalue weighted by molar-refractivity contribution is 5.01. The Hall–Kier alpha value is -0.520. The lowest BCUT2D eigenvalue weighted by atomic mass is 10.2. The number of rotatable bonds is 0. The van der Waals surface area contributed by atoms with Crippen LogP contribution in [0.5, 0.6) is 0 Å². The Morgan fingerprint density at radius 3 is 2.40 bits per heavy atom. The summed E-state index contributed by atoms with van der Waals surface area (Å²) in [6.07, 6.45) is 5.14. The van der Waals surface area contributed by atoms with E-state index >= 15 is 0 Å². The van der Waals surface area contributed by atoms with Crippen LogP contribution in [-0.2, 0) is 9.47 Å². The van der Waals surface area contributed by atoms with Gasteiger partial charge in [-0.3, -0.25) is 0 Å². The van der Waals surface area contributed by atoms with E-state index < -0.39 is 5.79 Å². The highest BCUT2D eigenvalue weighted by Gasteiger charge is 2.28. The van der Waals surface area contributed by atoms with Gasteiger partial charge in [0.05, 0.1) is 13.2 Å². The third-order valence-electron chi connectivity index (χ3n) is 1.41. The second kappa shape index (κ2) is 2.61. The SMILES string of the molecule is [CH]C1COC(C)(C#C)OC1. The average Bonchev–Trinajstić information content (AvgIpc) is 1.96. The fraction of sp³-hybridized carbons (Fsp3) is 0.625. The van der Waals surface area contributed by atoms with Crippen molar-refractivity contribution in [2.75, 3.05) is 13.2 Å². The Balaban J connectivity index is 2.48. The molecular weight excluding hydrogens is 128 g/mol. The molecular formula is C8H10O2. The lowest BCUT2D eigenvalue weighted by Gasteiger charge is -2.32. The van der Waals surface area contributed by atoms with Crippen molar-refractivity contribution in [2.45, 2.75) is 12.7 Å². The Kier molecular flexibility index (Phi) is 1.98. The maximum Gasteiger partial charge on any atom is 0.230 e. The molecule has 0 unspecified atom stereocenters. The molecule has 1 saturated heterocycles. The summed E-state index contributed by atoms with van der Waals surface area (Å²) in [6, 6.07) is 0. The lowest BCUT2D eigenvalue weighted by molar-refractivity contribution is -0.231. The van der Waals surface area contributed by atoms with Gasteiger partial charge in [-0.1, -0.05) is 0 Å². The van der Waals surface area contributed by atoms with Gasteiger partial charge in [-0.2, -0.15) is 0 Å². The van der Waals surface area contributed by atoms with E-state index in [1.807, 2.05) is 0 Å². The fourth-order valence-corrected chi connectivity index (χ4v) is 0.705. The van der Waals surface area contributed by atoms with Crippen LogP contribution in [0.15, 0.2) is 0 Å². The molecule has 0 N–H and O–H groups in total. The Morgan fingerprint density at radius 2 is 2.00 bits per heavy atom. The van der Waals surface area contributed by atoms with E-state index in [1.54, 1.807) is 6.92 Å². The van der Waals surface area contributed by atoms with Crippen LogP contribution >= 0.6 is 0 Å². The molecule has 0 aromatic rings. The molecule has 2 heteroatoms. The second-order valence-electron chi connectivity index (χ2n) is 2.47. The molecule has 0 aromatic carbocycles. The first-order valence-corrected chi connectivity index (χ1v) is 3.17. The summed E-state index contributed by atoms with van der Waals surface area (Å²) in [7, 11) is 0. The van der Waals surface area contributed by atoms with Crippen molar-refractivity contribution in [1.82, 2.24) is 0 Å². The minimum atomic E-state index is -0.851. The maximum atomic E-state index is 5.49. The van der Waals surface area contributed by atoms with E-state index in [4.69, 9.17) is 22.8 Å². The molecule has 2 nitrogen and oxygen atoms in total. The van der Waals surface area contributed by atoms with Crippen LogP contribution in [-0.4, -0.2) is 19.0 Å². The van der Waals surface area contributed by atoms with Crippen LogP contribution in [0.3, 0.4) is 0 Å². The molecule has 1 heterocycles. The average molecular weight is 138 g/mol. The normalized spacial score (nSPS) is 40.7. The summed E-state index contributed by atoms with van der Waals surface area (Å²) < 4.78 is 10.3. The summed E-state index contributed by atoms with van der Waals surface area (Å²) in [5.74, 6) is 1.51. The molecule has 0 bridgehead atoms. The smallest absolute Gasteiger partial charge is 0.230 e. The van der Waals surface area contributed by atoms with Gasteiger partial charge in [0.15, 0.2) is 0 Å². The number of hydrogen-bond acceptors (Lipinski definition) is 2. The van der Waals surface area contributed by atoms with E-state index in [0.717, 1.165) is 0 Å². The maximum absolute atomic E-state index is 5.49. The van der Waals surface area contributed by atoms with E-state index in [-0.39, 0.29) is 5.92 Å². The molecule has 10 heavy (non-hydrogen) atoms. The van der Waals surface area contributed by atoms with Gasteiger partial charge in [-0.15, -0.1) is 6.42 Å². The number of hydrogen-bond donors (Lipinski definition) is 0. The van der Waals surface area contributed by atoms with Crippen LogP contribution in [0.2, 0.25) is 0 Å². The van der Waals surface area contributed by atoms with E-state index in [2.05, 4.69) is 5.92 Å². The zero-order valence-electron chi connectivity index (χ0n) is 5.96. The largest absolute Gasteiger partial charge is 0.340 e. The van der Waals surface area contributed by atoms with Crippen LogP contribution in [0, 0.1) is 25.2 Å². The van der Waals surface area contributed by atoms with E-state index in [0.29, 0.717) is 13.2 Å². The first kappa shape index (κ1) is 7.59. The lowest BCUT2D eigenvalue weighted by Crippen LogP contribution is -2.39. The Labute approximate surface area is 61.5 Å². The summed E-state index contributed by atoms with van der Waals surface area (Å²) in [5.41, 5.74) is 0. The Bertz CT molecular complexity index is 149. The fourth-order valence-electron chi connectivity index (χ4n) is 0.705. The van der Waals surface area contributed by atoms with Crippen molar-refractivity contribution in [3.05, 3.63) is 6.92 Å². The predicted octanol–water partition coefficient (Wildman–Crippen LogP) is 0.710. The number of ether oxygens (including phenoxy) is 2. The molecule has 0 saturated carbocycles. The monoisotopic (exact) mass is 138 g/mol. The summed E-state index contributed by atoms with van der Waals surface area (Å²) in [5, 5.41) is 0. The van der Waals surface area contributed by atoms with Crippen LogP contribution in [0.25, 0.3) is 0 Å². The molecule has 0 spiro atoms. The van der Waals surface area contributed by atoms with Gasteiger partial charge in [0, 0.05) is 12.8 Å². The van der Waals surface area contributed by atoms with Crippen molar-refractivity contribution in [2.24, 2.45) is 5.92 Å². The highest BCUT2D eigenvalue weighted by Crippen LogP contribution is 2.19. The Morgan fingerprint density at radius 1 is 1.50 bits per heavy atom. The molecule has 0 atom stereocenters. The molecule has 54 valence electrons. The zero-order chi connectivity index (χ0) is 7.61. The molecule has 2 radical (unpaired) electrons. The van der Waals surface area contributed by atoms with Gasteiger partial charge in [0.25, 0.3) is 0 Å². The van der Waals surface area contributed by atoms with Gasteiger partial charge in [-0.25, -0.2) is 0 Å². The van der Waals surface area contributed by atoms with Gasteiger partial charge >= 0.3 is 0 Å². The molecule has 1 aliphatic rings. The van der Waals surface area contributed by atoms with Crippen LogP contribution < -0.4 is 0 Å². The van der Waals surface area contributed by atoms with Crippen molar-refractivity contribution < 1.29 is 9.47 Å². The minimum absolute atomic E-state index is 0.0403. The summed E-state index contributed by atoms with van der Waals surface area (Å²) >= 11 is 0. The molecule has 0 aromatic heterocycles. The predicted molar refractivity (Wildman–Crippen MR) is 36.9 cm³/mol. The van der Waals surface area contributed by atoms with Crippen molar-refractivity contribution >= 4 is 0 Å². The second-order valence-corrected chi connectivity index (χ2v) is 2.47. The molecule has 1 rings (SSSR count). The standard InChI is InChI=1S/C8H10O2/c1-4-8(3)9-5-7(2)6-10-8/h1-2,7H,5-6H2,3H3. The summed E-state index contributed by atoms with van der Waals surface area (Å²) in [4.78, 5) is 0. The van der Waals surface area contributed by atoms with Gasteiger partial charge < -0.3 is 9.47 Å². The third-order valence-corrected chi connectivity index (χ3v) is 1.41. The van der Waals surface area contributed by atoms with Crippen molar-refractivity contribution in [3.8, 4) is 12.3 Å². The molecule has 0 amide bonds. The molecule has 1 fully saturated rings. The van der Waals surface area contributed by atoms with E-state index in [9.17, 15) is 0 Å². The summed E-state index contributed by atoms with van der Waals surface area (Å²) in [6.45, 7) is 8.14. The first-order valence-electron chi connectivity index (χ1n) is 3.17. The third kappa shape index (κ3) is 1.50. The highest BCUT2D eigenvalue weighted by atomic mass is 16.7. The topological polar surface area (TPSA) is 18.5 Å². The van der Waals surface area contributed by atoms with Crippen molar-refractivity contribution in [3.63, 3.8) is 0 Å². The van der Waals surface area contributed by atoms with Crippen molar-refractivity contribution in [1.29, 1.82) is 0 Å². The van der Waals surface area contributed by atoms with E-state index in [1.165, 1.54) is 0 Å². The zero-order valence-corrected chi connectivity index (χ0v) is 5.96. The van der Waals surface area contributed by atoms with Gasteiger partial charge in [0.2, 0.25) is 5.79 Å². The number of terminal acetylenes is 1. The minimum Gasteiger partial charge on any atom is -0.340 e. The molecule has 1 aliphatic heterocycles. The van der Waals surface area contributed by atoms with Gasteiger partial charge in [0.1, 0.15) is 0 Å². The van der Waals surface area contributed by atoms with Crippen LogP contribution in [0.4, 0.5) is 0 Å². The quantitative estimate of drug-likeness (QED) is 0.459. The molecule has 0 aliphatic carbocycles. The van der Waals surface area contributed by atoms with Crippen LogP contribution in [0.1, 0.15) is 6.92 Å².